The zero-order chi connectivity index (χ0) is 15.6. The predicted octanol–water partition coefficient (Wildman–Crippen LogP) is 4.34. The summed E-state index contributed by atoms with van der Waals surface area (Å²) in [5.74, 6) is 1.51. The zero-order valence-electron chi connectivity index (χ0n) is 12.7. The molecular formula is C16H19ClFN3. The van der Waals surface area contributed by atoms with Crippen molar-refractivity contribution in [2.45, 2.75) is 33.2 Å². The first-order valence-electron chi connectivity index (χ1n) is 6.88. The van der Waals surface area contributed by atoms with Crippen molar-refractivity contribution in [2.24, 2.45) is 0 Å². The van der Waals surface area contributed by atoms with Gasteiger partial charge in [0.1, 0.15) is 22.6 Å². The second-order valence-electron chi connectivity index (χ2n) is 5.46. The molecule has 1 aromatic carbocycles. The molecule has 2 rings (SSSR count). The quantitative estimate of drug-likeness (QED) is 0.787. The molecule has 0 saturated heterocycles. The first-order chi connectivity index (χ1) is 9.88. The van der Waals surface area contributed by atoms with Crippen LogP contribution in [-0.2, 0) is 6.54 Å². The van der Waals surface area contributed by atoms with Gasteiger partial charge in [0.15, 0.2) is 0 Å². The van der Waals surface area contributed by atoms with Crippen molar-refractivity contribution in [3.05, 3.63) is 52.2 Å². The second-order valence-corrected chi connectivity index (χ2v) is 5.82. The van der Waals surface area contributed by atoms with Gasteiger partial charge < -0.3 is 4.90 Å². The minimum atomic E-state index is -0.232. The predicted molar refractivity (Wildman–Crippen MR) is 84.4 cm³/mol. The maximum atomic E-state index is 13.0. The molecule has 3 nitrogen and oxygen atoms in total. The molecule has 1 aromatic heterocycles. The van der Waals surface area contributed by atoms with Gasteiger partial charge in [-0.15, -0.1) is 0 Å². The Labute approximate surface area is 129 Å². The maximum Gasteiger partial charge on any atom is 0.137 e. The van der Waals surface area contributed by atoms with E-state index in [0.717, 1.165) is 22.8 Å². The maximum absolute atomic E-state index is 13.0. The number of rotatable bonds is 4. The molecule has 0 spiro atoms. The van der Waals surface area contributed by atoms with Gasteiger partial charge in [-0.1, -0.05) is 37.6 Å². The second kappa shape index (κ2) is 6.39. The van der Waals surface area contributed by atoms with Crippen molar-refractivity contribution < 1.29 is 4.39 Å². The van der Waals surface area contributed by atoms with Crippen molar-refractivity contribution >= 4 is 17.4 Å². The summed E-state index contributed by atoms with van der Waals surface area (Å²) in [6, 6.07) is 6.46. The molecule has 5 heteroatoms. The van der Waals surface area contributed by atoms with Crippen LogP contribution in [0.25, 0.3) is 0 Å². The van der Waals surface area contributed by atoms with Gasteiger partial charge in [0, 0.05) is 25.1 Å². The van der Waals surface area contributed by atoms with E-state index in [1.165, 1.54) is 12.1 Å². The molecule has 112 valence electrons. The molecule has 1 heterocycles. The van der Waals surface area contributed by atoms with Crippen molar-refractivity contribution in [3.63, 3.8) is 0 Å². The third kappa shape index (κ3) is 3.70. The number of halogens is 2. The minimum Gasteiger partial charge on any atom is -0.355 e. The Balaban J connectivity index is 2.29. The molecule has 0 radical (unpaired) electrons. The van der Waals surface area contributed by atoms with Gasteiger partial charge in [0.05, 0.1) is 0 Å². The van der Waals surface area contributed by atoms with E-state index in [1.807, 2.05) is 32.7 Å². The fraction of sp³-hybridized carbons (Fsp3) is 0.375. The SMILES string of the molecule is Cc1c(Cl)nc(C(C)C)nc1N(C)Cc1ccc(F)cc1. The fourth-order valence-corrected chi connectivity index (χ4v) is 2.23. The van der Waals surface area contributed by atoms with Crippen molar-refractivity contribution in [3.8, 4) is 0 Å². The first kappa shape index (κ1) is 15.7. The highest BCUT2D eigenvalue weighted by Gasteiger charge is 2.15. The van der Waals surface area contributed by atoms with Crippen LogP contribution in [-0.4, -0.2) is 17.0 Å². The van der Waals surface area contributed by atoms with E-state index in [2.05, 4.69) is 9.97 Å². The summed E-state index contributed by atoms with van der Waals surface area (Å²) >= 11 is 6.20. The third-order valence-corrected chi connectivity index (χ3v) is 3.66. The molecule has 0 bridgehead atoms. The van der Waals surface area contributed by atoms with Crippen LogP contribution in [0.3, 0.4) is 0 Å². The van der Waals surface area contributed by atoms with Crippen molar-refractivity contribution in [1.82, 2.24) is 9.97 Å². The standard InChI is InChI=1S/C16H19ClFN3/c1-10(2)15-19-14(17)11(3)16(20-15)21(4)9-12-5-7-13(18)8-6-12/h5-8,10H,9H2,1-4H3. The largest absolute Gasteiger partial charge is 0.355 e. The lowest BCUT2D eigenvalue weighted by molar-refractivity contribution is 0.627. The number of nitrogens with zero attached hydrogens (tertiary/aromatic N) is 3. The number of benzene rings is 1. The summed E-state index contributed by atoms with van der Waals surface area (Å²) in [4.78, 5) is 10.9. The fourth-order valence-electron chi connectivity index (χ4n) is 2.06. The normalized spacial score (nSPS) is 11.0. The number of anilines is 1. The van der Waals surface area contributed by atoms with Crippen molar-refractivity contribution in [2.75, 3.05) is 11.9 Å². The average Bonchev–Trinajstić information content (AvgIpc) is 2.43. The summed E-state index contributed by atoms with van der Waals surface area (Å²) in [6.45, 7) is 6.60. The molecule has 0 unspecified atom stereocenters. The molecule has 0 N–H and O–H groups in total. The van der Waals surface area contributed by atoms with Crippen LogP contribution in [0.2, 0.25) is 5.15 Å². The zero-order valence-corrected chi connectivity index (χ0v) is 13.4. The van der Waals surface area contributed by atoms with E-state index < -0.39 is 0 Å². The van der Waals surface area contributed by atoms with Gasteiger partial charge in [-0.2, -0.15) is 0 Å². The van der Waals surface area contributed by atoms with E-state index in [-0.39, 0.29) is 11.7 Å². The van der Waals surface area contributed by atoms with E-state index in [1.54, 1.807) is 12.1 Å². The molecule has 0 atom stereocenters. The van der Waals surface area contributed by atoms with Crippen LogP contribution in [0.5, 0.6) is 0 Å². The molecular weight excluding hydrogens is 289 g/mol. The van der Waals surface area contributed by atoms with Gasteiger partial charge in [0.25, 0.3) is 0 Å². The lowest BCUT2D eigenvalue weighted by Gasteiger charge is -2.22. The van der Waals surface area contributed by atoms with Gasteiger partial charge in [0.2, 0.25) is 0 Å². The monoisotopic (exact) mass is 307 g/mol. The minimum absolute atomic E-state index is 0.209. The van der Waals surface area contributed by atoms with Crippen molar-refractivity contribution in [1.29, 1.82) is 0 Å². The number of hydrogen-bond acceptors (Lipinski definition) is 3. The van der Waals surface area contributed by atoms with Gasteiger partial charge >= 0.3 is 0 Å². The molecule has 0 saturated carbocycles. The van der Waals surface area contributed by atoms with Crippen LogP contribution >= 0.6 is 11.6 Å². The van der Waals surface area contributed by atoms with Gasteiger partial charge in [-0.05, 0) is 24.6 Å². The van der Waals surface area contributed by atoms with Crippen LogP contribution in [0, 0.1) is 12.7 Å². The Morgan fingerprint density at radius 3 is 2.38 bits per heavy atom. The van der Waals surface area contributed by atoms with Gasteiger partial charge in [-0.3, -0.25) is 0 Å². The topological polar surface area (TPSA) is 29.0 Å². The first-order valence-corrected chi connectivity index (χ1v) is 7.26. The summed E-state index contributed by atoms with van der Waals surface area (Å²) < 4.78 is 13.0. The number of aromatic nitrogens is 2. The Kier molecular flexibility index (Phi) is 4.78. The third-order valence-electron chi connectivity index (χ3n) is 3.29. The highest BCUT2D eigenvalue weighted by molar-refractivity contribution is 6.30. The van der Waals surface area contributed by atoms with Crippen LogP contribution in [0.4, 0.5) is 10.2 Å². The summed E-state index contributed by atoms with van der Waals surface area (Å²) in [5.41, 5.74) is 1.87. The lowest BCUT2D eigenvalue weighted by Crippen LogP contribution is -2.20. The lowest BCUT2D eigenvalue weighted by atomic mass is 10.2. The van der Waals surface area contributed by atoms with Crippen LogP contribution < -0.4 is 4.90 Å². The molecule has 0 aliphatic heterocycles. The Morgan fingerprint density at radius 1 is 1.19 bits per heavy atom. The van der Waals surface area contributed by atoms with Crippen LogP contribution in [0.1, 0.15) is 36.7 Å². The van der Waals surface area contributed by atoms with Crippen LogP contribution in [0.15, 0.2) is 24.3 Å². The van der Waals surface area contributed by atoms with Gasteiger partial charge in [-0.25, -0.2) is 14.4 Å². The summed E-state index contributed by atoms with van der Waals surface area (Å²) in [7, 11) is 1.94. The molecule has 0 amide bonds. The van der Waals surface area contributed by atoms with E-state index >= 15 is 0 Å². The smallest absolute Gasteiger partial charge is 0.137 e. The molecule has 0 aliphatic carbocycles. The molecule has 0 fully saturated rings. The highest BCUT2D eigenvalue weighted by atomic mass is 35.5. The van der Waals surface area contributed by atoms with E-state index in [0.29, 0.717) is 11.7 Å². The summed E-state index contributed by atoms with van der Waals surface area (Å²) in [6.07, 6.45) is 0. The summed E-state index contributed by atoms with van der Waals surface area (Å²) in [5, 5.41) is 0.481. The van der Waals surface area contributed by atoms with E-state index in [4.69, 9.17) is 11.6 Å². The number of hydrogen-bond donors (Lipinski definition) is 0. The molecule has 21 heavy (non-hydrogen) atoms. The average molecular weight is 308 g/mol. The van der Waals surface area contributed by atoms with E-state index in [9.17, 15) is 4.39 Å². The molecule has 0 aliphatic rings. The Bertz CT molecular complexity index is 626. The Morgan fingerprint density at radius 2 is 1.81 bits per heavy atom. The Hall–Kier alpha value is -1.68. The molecule has 2 aromatic rings. The highest BCUT2D eigenvalue weighted by Crippen LogP contribution is 2.26.